The molecule has 3 rings (SSSR count). The largest absolute Gasteiger partial charge is 0.365 e. The molecule has 0 aliphatic carbocycles. The highest BCUT2D eigenvalue weighted by atomic mass is 19.1. The third-order valence-corrected chi connectivity index (χ3v) is 4.87. The molecular weight excluding hydrogens is 251 g/mol. The van der Waals surface area contributed by atoms with Crippen molar-refractivity contribution in [2.24, 2.45) is 0 Å². The Morgan fingerprint density at radius 1 is 1.25 bits per heavy atom. The molecular formula is C17H25FN2. The zero-order valence-electron chi connectivity index (χ0n) is 12.5. The van der Waals surface area contributed by atoms with Gasteiger partial charge in [-0.1, -0.05) is 13.0 Å². The van der Waals surface area contributed by atoms with Gasteiger partial charge in [0.15, 0.2) is 0 Å². The van der Waals surface area contributed by atoms with E-state index in [0.717, 1.165) is 17.8 Å². The fourth-order valence-corrected chi connectivity index (χ4v) is 3.86. The SMILES string of the molecule is CCCNC1CC2CCC(C1)N2c1ccc(C)c(F)c1. The molecule has 2 nitrogen and oxygen atoms in total. The molecule has 2 atom stereocenters. The van der Waals surface area contributed by atoms with Gasteiger partial charge in [0.2, 0.25) is 0 Å². The number of nitrogens with one attached hydrogen (secondary N) is 1. The Balaban J connectivity index is 1.74. The number of rotatable bonds is 4. The summed E-state index contributed by atoms with van der Waals surface area (Å²) in [6.45, 7) is 5.16. The van der Waals surface area contributed by atoms with Crippen LogP contribution in [0.25, 0.3) is 0 Å². The molecule has 20 heavy (non-hydrogen) atoms. The van der Waals surface area contributed by atoms with Crippen LogP contribution >= 0.6 is 0 Å². The highest BCUT2D eigenvalue weighted by Gasteiger charge is 2.40. The van der Waals surface area contributed by atoms with Gasteiger partial charge in [-0.3, -0.25) is 0 Å². The van der Waals surface area contributed by atoms with E-state index in [-0.39, 0.29) is 5.82 Å². The smallest absolute Gasteiger partial charge is 0.128 e. The van der Waals surface area contributed by atoms with Crippen LogP contribution in [0.4, 0.5) is 10.1 Å². The Kier molecular flexibility index (Phi) is 3.97. The van der Waals surface area contributed by atoms with E-state index in [9.17, 15) is 4.39 Å². The molecule has 2 bridgehead atoms. The van der Waals surface area contributed by atoms with Crippen molar-refractivity contribution in [2.75, 3.05) is 11.4 Å². The van der Waals surface area contributed by atoms with E-state index in [2.05, 4.69) is 23.2 Å². The summed E-state index contributed by atoms with van der Waals surface area (Å²) >= 11 is 0. The minimum absolute atomic E-state index is 0.0758. The maximum absolute atomic E-state index is 13.8. The van der Waals surface area contributed by atoms with Crippen LogP contribution in [-0.2, 0) is 0 Å². The van der Waals surface area contributed by atoms with Gasteiger partial charge in [0.1, 0.15) is 5.82 Å². The Bertz CT molecular complexity index is 460. The standard InChI is InChI=1S/C17H25FN2/c1-3-8-19-13-9-14-6-7-15(10-13)20(14)16-5-4-12(2)17(18)11-16/h4-5,11,13-15,19H,3,6-10H2,1-2H3. The van der Waals surface area contributed by atoms with Gasteiger partial charge in [0.05, 0.1) is 0 Å². The summed E-state index contributed by atoms with van der Waals surface area (Å²) in [6.07, 6.45) is 6.10. The zero-order valence-corrected chi connectivity index (χ0v) is 12.5. The van der Waals surface area contributed by atoms with Gasteiger partial charge in [0, 0.05) is 23.8 Å². The maximum atomic E-state index is 13.8. The Morgan fingerprint density at radius 3 is 2.55 bits per heavy atom. The molecule has 2 aliphatic rings. The van der Waals surface area contributed by atoms with Gasteiger partial charge in [-0.2, -0.15) is 0 Å². The van der Waals surface area contributed by atoms with Gasteiger partial charge >= 0.3 is 0 Å². The lowest BCUT2D eigenvalue weighted by molar-refractivity contribution is 0.356. The summed E-state index contributed by atoms with van der Waals surface area (Å²) in [7, 11) is 0. The fourth-order valence-electron chi connectivity index (χ4n) is 3.86. The number of anilines is 1. The lowest BCUT2D eigenvalue weighted by Crippen LogP contribution is -2.49. The molecule has 2 heterocycles. The van der Waals surface area contributed by atoms with Crippen molar-refractivity contribution in [1.82, 2.24) is 5.32 Å². The quantitative estimate of drug-likeness (QED) is 0.903. The summed E-state index contributed by atoms with van der Waals surface area (Å²) in [5, 5.41) is 3.66. The minimum atomic E-state index is -0.0758. The molecule has 2 fully saturated rings. The number of nitrogens with zero attached hydrogens (tertiary/aromatic N) is 1. The molecule has 0 spiro atoms. The molecule has 1 N–H and O–H groups in total. The zero-order chi connectivity index (χ0) is 14.1. The highest BCUT2D eigenvalue weighted by Crippen LogP contribution is 2.39. The van der Waals surface area contributed by atoms with Crippen LogP contribution in [0.5, 0.6) is 0 Å². The van der Waals surface area contributed by atoms with Crippen molar-refractivity contribution in [3.05, 3.63) is 29.6 Å². The highest BCUT2D eigenvalue weighted by molar-refractivity contribution is 5.52. The van der Waals surface area contributed by atoms with E-state index >= 15 is 0 Å². The first kappa shape index (κ1) is 13.9. The Labute approximate surface area is 121 Å². The maximum Gasteiger partial charge on any atom is 0.128 e. The van der Waals surface area contributed by atoms with E-state index in [0.29, 0.717) is 18.1 Å². The number of fused-ring (bicyclic) bond motifs is 2. The van der Waals surface area contributed by atoms with Gasteiger partial charge in [-0.15, -0.1) is 0 Å². The van der Waals surface area contributed by atoms with Crippen LogP contribution < -0.4 is 10.2 Å². The summed E-state index contributed by atoms with van der Waals surface area (Å²) in [5.74, 6) is -0.0758. The van der Waals surface area contributed by atoms with E-state index in [1.54, 1.807) is 6.07 Å². The van der Waals surface area contributed by atoms with Crippen LogP contribution in [0, 0.1) is 12.7 Å². The van der Waals surface area contributed by atoms with Crippen molar-refractivity contribution < 1.29 is 4.39 Å². The lowest BCUT2D eigenvalue weighted by atomic mass is 9.96. The first-order chi connectivity index (χ1) is 9.69. The predicted molar refractivity (Wildman–Crippen MR) is 81.7 cm³/mol. The van der Waals surface area contributed by atoms with Gasteiger partial charge in [-0.05, 0) is 63.3 Å². The number of hydrogen-bond acceptors (Lipinski definition) is 2. The summed E-state index contributed by atoms with van der Waals surface area (Å²) < 4.78 is 13.8. The fraction of sp³-hybridized carbons (Fsp3) is 0.647. The summed E-state index contributed by atoms with van der Waals surface area (Å²) in [4.78, 5) is 2.48. The Morgan fingerprint density at radius 2 is 1.95 bits per heavy atom. The molecule has 0 radical (unpaired) electrons. The van der Waals surface area contributed by atoms with Crippen molar-refractivity contribution in [1.29, 1.82) is 0 Å². The summed E-state index contributed by atoms with van der Waals surface area (Å²) in [5.41, 5.74) is 1.81. The normalized spacial score (nSPS) is 28.9. The van der Waals surface area contributed by atoms with Crippen LogP contribution in [0.3, 0.4) is 0 Å². The number of piperidine rings is 1. The first-order valence-corrected chi connectivity index (χ1v) is 7.97. The molecule has 2 unspecified atom stereocenters. The van der Waals surface area contributed by atoms with Crippen LogP contribution in [0.2, 0.25) is 0 Å². The molecule has 0 saturated carbocycles. The average molecular weight is 276 g/mol. The van der Waals surface area contributed by atoms with Gasteiger partial charge < -0.3 is 10.2 Å². The molecule has 1 aromatic rings. The lowest BCUT2D eigenvalue weighted by Gasteiger charge is -2.41. The third kappa shape index (κ3) is 2.56. The molecule has 0 aromatic heterocycles. The molecule has 3 heteroatoms. The Hall–Kier alpha value is -1.09. The van der Waals surface area contributed by atoms with Crippen molar-refractivity contribution >= 4 is 5.69 Å². The second-order valence-corrected chi connectivity index (χ2v) is 6.35. The first-order valence-electron chi connectivity index (χ1n) is 7.97. The topological polar surface area (TPSA) is 15.3 Å². The van der Waals surface area contributed by atoms with E-state index < -0.39 is 0 Å². The van der Waals surface area contributed by atoms with Gasteiger partial charge in [-0.25, -0.2) is 4.39 Å². The molecule has 0 amide bonds. The molecule has 110 valence electrons. The molecule has 1 aromatic carbocycles. The second kappa shape index (κ2) is 5.72. The monoisotopic (exact) mass is 276 g/mol. The average Bonchev–Trinajstić information content (AvgIpc) is 2.71. The van der Waals surface area contributed by atoms with Crippen molar-refractivity contribution in [2.45, 2.75) is 64.1 Å². The van der Waals surface area contributed by atoms with Crippen molar-refractivity contribution in [3.8, 4) is 0 Å². The molecule has 2 saturated heterocycles. The van der Waals surface area contributed by atoms with Crippen molar-refractivity contribution in [3.63, 3.8) is 0 Å². The van der Waals surface area contributed by atoms with E-state index in [1.165, 1.54) is 32.1 Å². The minimum Gasteiger partial charge on any atom is -0.365 e. The second-order valence-electron chi connectivity index (χ2n) is 6.35. The predicted octanol–water partition coefficient (Wildman–Crippen LogP) is 3.63. The van der Waals surface area contributed by atoms with Crippen LogP contribution in [0.1, 0.15) is 44.6 Å². The number of halogens is 1. The molecule has 2 aliphatic heterocycles. The van der Waals surface area contributed by atoms with E-state index in [4.69, 9.17) is 0 Å². The number of aryl methyl sites for hydroxylation is 1. The number of hydrogen-bond donors (Lipinski definition) is 1. The van der Waals surface area contributed by atoms with Crippen LogP contribution in [-0.4, -0.2) is 24.7 Å². The van der Waals surface area contributed by atoms with Gasteiger partial charge in [0.25, 0.3) is 0 Å². The summed E-state index contributed by atoms with van der Waals surface area (Å²) in [6, 6.07) is 7.55. The third-order valence-electron chi connectivity index (χ3n) is 4.87. The number of benzene rings is 1. The van der Waals surface area contributed by atoms with E-state index in [1.807, 2.05) is 13.0 Å². The van der Waals surface area contributed by atoms with Crippen LogP contribution in [0.15, 0.2) is 18.2 Å².